The maximum Gasteiger partial charge on any atom is 0.250 e. The molecule has 0 fully saturated rings. The van der Waals surface area contributed by atoms with Crippen molar-refractivity contribution in [1.29, 1.82) is 0 Å². The van der Waals surface area contributed by atoms with E-state index in [-0.39, 0.29) is 10.5 Å². The minimum atomic E-state index is -2.14. The molecule has 4 rings (SSSR count). The van der Waals surface area contributed by atoms with Crippen molar-refractivity contribution < 1.29 is 13.9 Å². The van der Waals surface area contributed by atoms with Crippen LogP contribution in [0.5, 0.6) is 17.2 Å². The van der Waals surface area contributed by atoms with Gasteiger partial charge < -0.3 is 18.5 Å². The second kappa shape index (κ2) is 11.9. The van der Waals surface area contributed by atoms with Gasteiger partial charge in [-0.1, -0.05) is 46.8 Å². The van der Waals surface area contributed by atoms with Gasteiger partial charge in [0.25, 0.3) is 8.32 Å². The van der Waals surface area contributed by atoms with Gasteiger partial charge in [0.15, 0.2) is 22.7 Å². The number of nitrogens with zero attached hydrogens (tertiary/aromatic N) is 1. The van der Waals surface area contributed by atoms with Crippen molar-refractivity contribution in [3.8, 4) is 17.2 Å². The van der Waals surface area contributed by atoms with E-state index in [1.807, 2.05) is 54.2 Å². The van der Waals surface area contributed by atoms with E-state index in [0.717, 1.165) is 34.2 Å². The molecule has 1 heterocycles. The number of aromatic nitrogens is 1. The summed E-state index contributed by atoms with van der Waals surface area (Å²) in [5.41, 5.74) is 2.90. The lowest BCUT2D eigenvalue weighted by Crippen LogP contribution is -2.44. The Morgan fingerprint density at radius 3 is 2.12 bits per heavy atom. The van der Waals surface area contributed by atoms with Crippen molar-refractivity contribution in [1.82, 2.24) is 4.57 Å². The summed E-state index contributed by atoms with van der Waals surface area (Å²) in [5.74, 6) is 3.66. The molecule has 0 saturated carbocycles. The van der Waals surface area contributed by atoms with Crippen molar-refractivity contribution in [2.24, 2.45) is 5.92 Å². The van der Waals surface area contributed by atoms with E-state index in [1.54, 1.807) is 14.2 Å². The number of thioether (sulfide) groups is 1. The third-order valence-electron chi connectivity index (χ3n) is 7.93. The normalized spacial score (nSPS) is 12.3. The van der Waals surface area contributed by atoms with E-state index >= 15 is 0 Å². The first-order valence-corrected chi connectivity index (χ1v) is 17.9. The quantitative estimate of drug-likeness (QED) is 0.107. The van der Waals surface area contributed by atoms with Crippen molar-refractivity contribution in [2.45, 2.75) is 70.6 Å². The zero-order chi connectivity index (χ0) is 29.2. The summed E-state index contributed by atoms with van der Waals surface area (Å²) in [4.78, 5) is 14.7. The molecule has 40 heavy (non-hydrogen) atoms. The van der Waals surface area contributed by atoms with Crippen LogP contribution in [0.15, 0.2) is 64.3 Å². The predicted octanol–water partition coefficient (Wildman–Crippen LogP) is 8.74. The minimum absolute atomic E-state index is 0.0281. The minimum Gasteiger partial charge on any atom is -0.539 e. The van der Waals surface area contributed by atoms with Gasteiger partial charge in [0, 0.05) is 22.2 Å². The summed E-state index contributed by atoms with van der Waals surface area (Å²) in [5, 5.41) is 1.47. The van der Waals surface area contributed by atoms with Crippen LogP contribution in [-0.2, 0) is 6.54 Å². The highest BCUT2D eigenvalue weighted by Gasteiger charge is 2.40. The molecule has 0 unspecified atom stereocenters. The molecule has 3 aromatic carbocycles. The number of hydrogen-bond donors (Lipinski definition) is 0. The fourth-order valence-corrected chi connectivity index (χ4v) is 6.69. The summed E-state index contributed by atoms with van der Waals surface area (Å²) < 4.78 is 20.6. The first-order valence-electron chi connectivity index (χ1n) is 14.0. The number of benzene rings is 3. The van der Waals surface area contributed by atoms with Crippen LogP contribution in [0, 0.1) is 5.92 Å². The van der Waals surface area contributed by atoms with Crippen LogP contribution in [0.4, 0.5) is 0 Å². The molecule has 214 valence electrons. The molecule has 0 bridgehead atoms. The van der Waals surface area contributed by atoms with Gasteiger partial charge in [-0.05, 0) is 84.3 Å². The van der Waals surface area contributed by atoms with Crippen LogP contribution in [0.3, 0.4) is 0 Å². The maximum absolute atomic E-state index is 13.5. The van der Waals surface area contributed by atoms with Crippen molar-refractivity contribution in [3.63, 3.8) is 0 Å². The van der Waals surface area contributed by atoms with Crippen LogP contribution in [-0.4, -0.2) is 32.9 Å². The van der Waals surface area contributed by atoms with Gasteiger partial charge >= 0.3 is 0 Å². The van der Waals surface area contributed by atoms with Crippen LogP contribution in [0.1, 0.15) is 46.6 Å². The third kappa shape index (κ3) is 6.20. The van der Waals surface area contributed by atoms with Gasteiger partial charge in [-0.2, -0.15) is 0 Å². The van der Waals surface area contributed by atoms with Crippen LogP contribution >= 0.6 is 11.8 Å². The molecule has 0 saturated heterocycles. The monoisotopic (exact) mass is 577 g/mol. The molecule has 0 amide bonds. The number of fused-ring (bicyclic) bond motifs is 2. The number of rotatable bonds is 10. The lowest BCUT2D eigenvalue weighted by molar-refractivity contribution is 0.353. The van der Waals surface area contributed by atoms with E-state index < -0.39 is 8.32 Å². The molecule has 4 aromatic rings. The smallest absolute Gasteiger partial charge is 0.250 e. The lowest BCUT2D eigenvalue weighted by atomic mass is 10.1. The van der Waals surface area contributed by atoms with E-state index in [0.29, 0.717) is 35.1 Å². The Bertz CT molecular complexity index is 1540. The Kier molecular flexibility index (Phi) is 8.95. The standard InChI is InChI=1S/C33H43NO4SSi/c1-22(2)16-17-39-24-14-15-26-28(20-24)34(27-13-11-10-12-25(27)31(26)35)21-23-18-29(36-6)32(30(19-23)37-7)38-40(8,9)33(3,4)5/h10-15,18-20,22H,16-17,21H2,1-9H3. The molecular formula is C33H43NO4SSi. The van der Waals surface area contributed by atoms with Gasteiger partial charge in [0.2, 0.25) is 0 Å². The maximum atomic E-state index is 13.5. The first kappa shape index (κ1) is 30.1. The molecule has 7 heteroatoms. The summed E-state index contributed by atoms with van der Waals surface area (Å²) in [6.07, 6.45) is 1.15. The highest BCUT2D eigenvalue weighted by Crippen LogP contribution is 2.45. The Labute approximate surface area is 244 Å². The van der Waals surface area contributed by atoms with Gasteiger partial charge in [-0.15, -0.1) is 11.8 Å². The highest BCUT2D eigenvalue weighted by atomic mass is 32.2. The molecule has 0 atom stereocenters. The van der Waals surface area contributed by atoms with Gasteiger partial charge in [0.05, 0.1) is 25.3 Å². The lowest BCUT2D eigenvalue weighted by Gasteiger charge is -2.37. The number of hydrogen-bond acceptors (Lipinski definition) is 5. The zero-order valence-electron chi connectivity index (χ0n) is 25.4. The van der Waals surface area contributed by atoms with Crippen LogP contribution in [0.25, 0.3) is 21.8 Å². The summed E-state index contributed by atoms with van der Waals surface area (Å²) in [6, 6.07) is 18.1. The fourth-order valence-electron chi connectivity index (χ4n) is 4.49. The molecule has 0 spiro atoms. The molecule has 0 radical (unpaired) electrons. The fraction of sp³-hybridized carbons (Fsp3) is 0.424. The molecule has 0 aliphatic heterocycles. The summed E-state index contributed by atoms with van der Waals surface area (Å²) >= 11 is 1.84. The largest absolute Gasteiger partial charge is 0.539 e. The molecular weight excluding hydrogens is 535 g/mol. The van der Waals surface area contributed by atoms with Crippen LogP contribution in [0.2, 0.25) is 18.1 Å². The molecule has 1 aromatic heterocycles. The van der Waals surface area contributed by atoms with Crippen molar-refractivity contribution in [3.05, 3.63) is 70.4 Å². The van der Waals surface area contributed by atoms with Gasteiger partial charge in [-0.25, -0.2) is 0 Å². The van der Waals surface area contributed by atoms with Crippen molar-refractivity contribution in [2.75, 3.05) is 20.0 Å². The first-order chi connectivity index (χ1) is 18.9. The topological polar surface area (TPSA) is 49.7 Å². The molecule has 0 aliphatic carbocycles. The van der Waals surface area contributed by atoms with E-state index in [4.69, 9.17) is 13.9 Å². The summed E-state index contributed by atoms with van der Waals surface area (Å²) in [6.45, 7) is 16.1. The molecule has 0 N–H and O–H groups in total. The van der Waals surface area contributed by atoms with E-state index in [2.05, 4.69) is 64.4 Å². The Hall–Kier alpha value is -2.90. The number of pyridine rings is 1. The second-order valence-corrected chi connectivity index (χ2v) is 18.2. The highest BCUT2D eigenvalue weighted by molar-refractivity contribution is 7.99. The SMILES string of the molecule is COc1cc(Cn2c3ccccc3c(=O)c3ccc(SCCC(C)C)cc32)cc(OC)c1O[Si](C)(C)C(C)(C)C. The van der Waals surface area contributed by atoms with E-state index in [1.165, 1.54) is 4.90 Å². The Balaban J connectivity index is 1.85. The van der Waals surface area contributed by atoms with Crippen molar-refractivity contribution >= 4 is 41.9 Å². The number of methoxy groups -OCH3 is 2. The van der Waals surface area contributed by atoms with Gasteiger partial charge in [0.1, 0.15) is 0 Å². The zero-order valence-corrected chi connectivity index (χ0v) is 27.2. The third-order valence-corrected chi connectivity index (χ3v) is 13.3. The second-order valence-electron chi connectivity index (χ2n) is 12.3. The average Bonchev–Trinajstić information content (AvgIpc) is 2.90. The Morgan fingerprint density at radius 2 is 1.52 bits per heavy atom. The number of ether oxygens (including phenoxy) is 2. The average molecular weight is 578 g/mol. The van der Waals surface area contributed by atoms with E-state index in [9.17, 15) is 4.79 Å². The summed E-state index contributed by atoms with van der Waals surface area (Å²) in [7, 11) is 1.20. The number of para-hydroxylation sites is 1. The molecule has 5 nitrogen and oxygen atoms in total. The van der Waals surface area contributed by atoms with Gasteiger partial charge in [-0.3, -0.25) is 4.79 Å². The Morgan fingerprint density at radius 1 is 0.900 bits per heavy atom. The van der Waals surface area contributed by atoms with Crippen LogP contribution < -0.4 is 19.3 Å². The predicted molar refractivity (Wildman–Crippen MR) is 172 cm³/mol. The molecule has 0 aliphatic rings.